The summed E-state index contributed by atoms with van der Waals surface area (Å²) >= 11 is 1.72. The van der Waals surface area contributed by atoms with Gasteiger partial charge in [-0.2, -0.15) is 0 Å². The van der Waals surface area contributed by atoms with Crippen molar-refractivity contribution in [2.24, 2.45) is 0 Å². The second kappa shape index (κ2) is 7.07. The Labute approximate surface area is 118 Å². The Hall–Kier alpha value is -1.65. The van der Waals surface area contributed by atoms with Crippen molar-refractivity contribution in [2.75, 3.05) is 6.61 Å². The van der Waals surface area contributed by atoms with E-state index in [0.29, 0.717) is 6.61 Å². The summed E-state index contributed by atoms with van der Waals surface area (Å²) in [7, 11) is 0. The highest BCUT2D eigenvalue weighted by Crippen LogP contribution is 2.18. The van der Waals surface area contributed by atoms with E-state index in [4.69, 9.17) is 4.74 Å². The van der Waals surface area contributed by atoms with Gasteiger partial charge in [-0.05, 0) is 13.0 Å². The number of nitrogens with one attached hydrogen (secondary N) is 1. The van der Waals surface area contributed by atoms with Crippen LogP contribution in [0.5, 0.6) is 5.75 Å². The van der Waals surface area contributed by atoms with Crippen LogP contribution >= 0.6 is 11.3 Å². The molecule has 1 aromatic carbocycles. The molecule has 4 heteroatoms. The molecule has 0 saturated carbocycles. The summed E-state index contributed by atoms with van der Waals surface area (Å²) in [4.78, 5) is 5.49. The molecule has 0 unspecified atom stereocenters. The standard InChI is InChI=1S/C15H18N2OS/c1-3-8-18-15-7-5-4-6-13(15)9-16-10-14-11-17-12(2)19-14/h3-7,11,16H,1,8-10H2,2H3. The summed E-state index contributed by atoms with van der Waals surface area (Å²) in [5, 5.41) is 4.52. The van der Waals surface area contributed by atoms with E-state index in [1.807, 2.05) is 31.3 Å². The molecule has 0 spiro atoms. The lowest BCUT2D eigenvalue weighted by Crippen LogP contribution is -2.12. The van der Waals surface area contributed by atoms with Crippen LogP contribution in [0.4, 0.5) is 0 Å². The van der Waals surface area contributed by atoms with Crippen LogP contribution in [0.25, 0.3) is 0 Å². The predicted molar refractivity (Wildman–Crippen MR) is 79.5 cm³/mol. The van der Waals surface area contributed by atoms with Crippen LogP contribution < -0.4 is 10.1 Å². The first kappa shape index (κ1) is 13.8. The number of hydrogen-bond donors (Lipinski definition) is 1. The van der Waals surface area contributed by atoms with Gasteiger partial charge >= 0.3 is 0 Å². The molecule has 100 valence electrons. The maximum atomic E-state index is 5.63. The molecule has 1 aromatic heterocycles. The lowest BCUT2D eigenvalue weighted by atomic mass is 10.2. The highest BCUT2D eigenvalue weighted by Gasteiger charge is 2.03. The van der Waals surface area contributed by atoms with Gasteiger partial charge in [0.15, 0.2) is 0 Å². The molecule has 0 aliphatic heterocycles. The van der Waals surface area contributed by atoms with Crippen molar-refractivity contribution < 1.29 is 4.74 Å². The normalized spacial score (nSPS) is 10.4. The van der Waals surface area contributed by atoms with E-state index in [0.717, 1.165) is 29.4 Å². The summed E-state index contributed by atoms with van der Waals surface area (Å²) < 4.78 is 5.63. The van der Waals surface area contributed by atoms with Crippen molar-refractivity contribution in [3.05, 3.63) is 58.6 Å². The Morgan fingerprint density at radius 3 is 2.95 bits per heavy atom. The maximum Gasteiger partial charge on any atom is 0.124 e. The van der Waals surface area contributed by atoms with Crippen molar-refractivity contribution in [1.82, 2.24) is 10.3 Å². The molecule has 0 saturated heterocycles. The van der Waals surface area contributed by atoms with Gasteiger partial charge in [-0.1, -0.05) is 30.9 Å². The topological polar surface area (TPSA) is 34.1 Å². The number of thiazole rings is 1. The van der Waals surface area contributed by atoms with E-state index < -0.39 is 0 Å². The molecule has 0 atom stereocenters. The number of ether oxygens (including phenoxy) is 1. The SMILES string of the molecule is C=CCOc1ccccc1CNCc1cnc(C)s1. The predicted octanol–water partition coefficient (Wildman–Crippen LogP) is 3.31. The van der Waals surface area contributed by atoms with Gasteiger partial charge < -0.3 is 10.1 Å². The molecule has 1 heterocycles. The molecule has 2 aromatic rings. The van der Waals surface area contributed by atoms with Crippen molar-refractivity contribution in [3.8, 4) is 5.75 Å². The van der Waals surface area contributed by atoms with Crippen LogP contribution in [-0.4, -0.2) is 11.6 Å². The largest absolute Gasteiger partial charge is 0.489 e. The van der Waals surface area contributed by atoms with Crippen LogP contribution in [0.1, 0.15) is 15.4 Å². The van der Waals surface area contributed by atoms with Gasteiger partial charge in [0.25, 0.3) is 0 Å². The first-order valence-electron chi connectivity index (χ1n) is 6.23. The number of nitrogens with zero attached hydrogens (tertiary/aromatic N) is 1. The van der Waals surface area contributed by atoms with Crippen molar-refractivity contribution in [1.29, 1.82) is 0 Å². The molecule has 0 radical (unpaired) electrons. The molecule has 3 nitrogen and oxygen atoms in total. The third-order valence-corrected chi connectivity index (χ3v) is 3.53. The van der Waals surface area contributed by atoms with Gasteiger partial charge in [0, 0.05) is 29.7 Å². The first-order chi connectivity index (χ1) is 9.29. The highest BCUT2D eigenvalue weighted by molar-refractivity contribution is 7.11. The second-order valence-electron chi connectivity index (χ2n) is 4.16. The molecule has 19 heavy (non-hydrogen) atoms. The fourth-order valence-corrected chi connectivity index (χ4v) is 2.51. The minimum Gasteiger partial charge on any atom is -0.489 e. The van der Waals surface area contributed by atoms with E-state index in [9.17, 15) is 0 Å². The summed E-state index contributed by atoms with van der Waals surface area (Å²) in [6, 6.07) is 8.06. The van der Waals surface area contributed by atoms with Gasteiger partial charge in [-0.15, -0.1) is 11.3 Å². The molecular formula is C15H18N2OS. The number of benzene rings is 1. The van der Waals surface area contributed by atoms with Crippen molar-refractivity contribution in [2.45, 2.75) is 20.0 Å². The smallest absolute Gasteiger partial charge is 0.124 e. The zero-order chi connectivity index (χ0) is 13.5. The number of aryl methyl sites for hydroxylation is 1. The Kier molecular flexibility index (Phi) is 5.12. The summed E-state index contributed by atoms with van der Waals surface area (Å²) in [5.41, 5.74) is 1.16. The van der Waals surface area contributed by atoms with Crippen LogP contribution in [0, 0.1) is 6.92 Å². The number of para-hydroxylation sites is 1. The Morgan fingerprint density at radius 2 is 2.21 bits per heavy atom. The van der Waals surface area contributed by atoms with Gasteiger partial charge in [-0.3, -0.25) is 0 Å². The molecule has 0 aliphatic rings. The van der Waals surface area contributed by atoms with E-state index in [-0.39, 0.29) is 0 Å². The molecular weight excluding hydrogens is 256 g/mol. The number of hydrogen-bond acceptors (Lipinski definition) is 4. The Morgan fingerprint density at radius 1 is 1.37 bits per heavy atom. The summed E-state index contributed by atoms with van der Waals surface area (Å²) in [5.74, 6) is 0.912. The van der Waals surface area contributed by atoms with E-state index in [1.165, 1.54) is 4.88 Å². The molecule has 0 bridgehead atoms. The second-order valence-corrected chi connectivity index (χ2v) is 5.48. The average molecular weight is 274 g/mol. The zero-order valence-electron chi connectivity index (χ0n) is 11.1. The highest BCUT2D eigenvalue weighted by atomic mass is 32.1. The zero-order valence-corrected chi connectivity index (χ0v) is 11.9. The lowest BCUT2D eigenvalue weighted by Gasteiger charge is -2.10. The molecule has 0 aliphatic carbocycles. The lowest BCUT2D eigenvalue weighted by molar-refractivity contribution is 0.358. The van der Waals surface area contributed by atoms with E-state index >= 15 is 0 Å². The molecule has 0 fully saturated rings. The van der Waals surface area contributed by atoms with Crippen LogP contribution in [-0.2, 0) is 13.1 Å². The summed E-state index contributed by atoms with van der Waals surface area (Å²) in [6.45, 7) is 7.83. The van der Waals surface area contributed by atoms with Gasteiger partial charge in [0.2, 0.25) is 0 Å². The Balaban J connectivity index is 1.89. The fraction of sp³-hybridized carbons (Fsp3) is 0.267. The minimum absolute atomic E-state index is 0.533. The van der Waals surface area contributed by atoms with Crippen molar-refractivity contribution >= 4 is 11.3 Å². The first-order valence-corrected chi connectivity index (χ1v) is 7.05. The van der Waals surface area contributed by atoms with E-state index in [1.54, 1.807) is 17.4 Å². The maximum absolute atomic E-state index is 5.63. The number of rotatable bonds is 7. The van der Waals surface area contributed by atoms with Crippen LogP contribution in [0.15, 0.2) is 43.1 Å². The monoisotopic (exact) mass is 274 g/mol. The number of aromatic nitrogens is 1. The van der Waals surface area contributed by atoms with Gasteiger partial charge in [0.1, 0.15) is 12.4 Å². The minimum atomic E-state index is 0.533. The third kappa shape index (κ3) is 4.19. The van der Waals surface area contributed by atoms with Crippen LogP contribution in [0.3, 0.4) is 0 Å². The van der Waals surface area contributed by atoms with Gasteiger partial charge in [-0.25, -0.2) is 4.98 Å². The summed E-state index contributed by atoms with van der Waals surface area (Å²) in [6.07, 6.45) is 3.68. The Bertz CT molecular complexity index is 536. The molecule has 1 N–H and O–H groups in total. The van der Waals surface area contributed by atoms with E-state index in [2.05, 4.69) is 22.9 Å². The third-order valence-electron chi connectivity index (χ3n) is 2.61. The van der Waals surface area contributed by atoms with Crippen LogP contribution in [0.2, 0.25) is 0 Å². The van der Waals surface area contributed by atoms with Crippen molar-refractivity contribution in [3.63, 3.8) is 0 Å². The molecule has 0 amide bonds. The average Bonchev–Trinajstić information content (AvgIpc) is 2.83. The van der Waals surface area contributed by atoms with Gasteiger partial charge in [0.05, 0.1) is 5.01 Å². The quantitative estimate of drug-likeness (QED) is 0.787. The molecule has 2 rings (SSSR count). The fourth-order valence-electron chi connectivity index (χ4n) is 1.75.